The Kier molecular flexibility index (Phi) is 1.99. The smallest absolute Gasteiger partial charge is 0.219 e. The molecule has 16 heavy (non-hydrogen) atoms. The van der Waals surface area contributed by atoms with Gasteiger partial charge in [0.25, 0.3) is 0 Å². The van der Waals surface area contributed by atoms with Crippen molar-refractivity contribution in [1.29, 1.82) is 0 Å². The lowest BCUT2D eigenvalue weighted by atomic mass is 10.2. The minimum absolute atomic E-state index is 0.163. The van der Waals surface area contributed by atoms with Crippen LogP contribution in [0.1, 0.15) is 12.6 Å². The van der Waals surface area contributed by atoms with Crippen LogP contribution >= 0.6 is 0 Å². The molecule has 0 saturated carbocycles. The number of benzene rings is 1. The molecular weight excluding hydrogens is 200 g/mol. The van der Waals surface area contributed by atoms with Crippen LogP contribution in [-0.4, -0.2) is 21.9 Å². The monoisotopic (exact) mass is 214 g/mol. The van der Waals surface area contributed by atoms with Crippen LogP contribution in [0.15, 0.2) is 30.3 Å². The first-order chi connectivity index (χ1) is 7.75. The van der Waals surface area contributed by atoms with E-state index in [9.17, 15) is 4.79 Å². The molecule has 0 aliphatic carbocycles. The molecule has 1 aliphatic rings. The lowest BCUT2D eigenvalue weighted by Crippen LogP contribution is -2.36. The fourth-order valence-corrected chi connectivity index (χ4v) is 2.43. The molecule has 2 heterocycles. The molecule has 0 unspecified atom stereocenters. The van der Waals surface area contributed by atoms with Crippen molar-refractivity contribution in [3.63, 3.8) is 0 Å². The van der Waals surface area contributed by atoms with E-state index in [0.29, 0.717) is 0 Å². The maximum Gasteiger partial charge on any atom is 0.219 e. The summed E-state index contributed by atoms with van der Waals surface area (Å²) in [6.45, 7) is 4.10. The summed E-state index contributed by atoms with van der Waals surface area (Å²) in [4.78, 5) is 13.2. The van der Waals surface area contributed by atoms with Gasteiger partial charge in [-0.2, -0.15) is 0 Å². The molecule has 82 valence electrons. The molecule has 1 aromatic heterocycles. The van der Waals surface area contributed by atoms with Crippen LogP contribution < -0.4 is 0 Å². The molecular formula is C13H14N2O. The topological polar surface area (TPSA) is 25.2 Å². The molecule has 0 atom stereocenters. The molecule has 1 aliphatic heterocycles. The van der Waals surface area contributed by atoms with E-state index in [1.54, 1.807) is 6.92 Å². The maximum absolute atomic E-state index is 11.3. The number of aromatic nitrogens is 1. The van der Waals surface area contributed by atoms with Crippen molar-refractivity contribution in [2.24, 2.45) is 0 Å². The summed E-state index contributed by atoms with van der Waals surface area (Å²) in [5.41, 5.74) is 2.52. The molecule has 2 aromatic rings. The summed E-state index contributed by atoms with van der Waals surface area (Å²) < 4.78 is 2.31. The van der Waals surface area contributed by atoms with Gasteiger partial charge in [-0.3, -0.25) is 4.79 Å². The van der Waals surface area contributed by atoms with E-state index in [4.69, 9.17) is 0 Å². The van der Waals surface area contributed by atoms with Crippen molar-refractivity contribution < 1.29 is 4.79 Å². The normalized spacial score (nSPS) is 15.2. The first-order valence-corrected chi connectivity index (χ1v) is 5.58. The third-order valence-electron chi connectivity index (χ3n) is 3.29. The van der Waals surface area contributed by atoms with E-state index in [0.717, 1.165) is 19.6 Å². The summed E-state index contributed by atoms with van der Waals surface area (Å²) in [6.07, 6.45) is 0. The van der Waals surface area contributed by atoms with Gasteiger partial charge in [0.15, 0.2) is 0 Å². The van der Waals surface area contributed by atoms with Crippen molar-refractivity contribution in [2.45, 2.75) is 20.0 Å². The highest BCUT2D eigenvalue weighted by atomic mass is 16.2. The summed E-state index contributed by atoms with van der Waals surface area (Å²) in [7, 11) is 0. The van der Waals surface area contributed by atoms with E-state index < -0.39 is 0 Å². The fourth-order valence-electron chi connectivity index (χ4n) is 2.43. The average molecular weight is 214 g/mol. The van der Waals surface area contributed by atoms with E-state index in [1.807, 2.05) is 4.90 Å². The highest BCUT2D eigenvalue weighted by molar-refractivity contribution is 5.82. The standard InChI is InChI=1S/C13H14N2O/c1-10(16)14-6-7-15-12(9-14)8-11-4-2-3-5-13(11)15/h2-5,8H,6-7,9H2,1H3. The van der Waals surface area contributed by atoms with Gasteiger partial charge in [0.05, 0.1) is 6.54 Å². The quantitative estimate of drug-likeness (QED) is 0.658. The van der Waals surface area contributed by atoms with Crippen LogP contribution in [0.25, 0.3) is 10.9 Å². The summed E-state index contributed by atoms with van der Waals surface area (Å²) in [5, 5.41) is 1.27. The molecule has 0 N–H and O–H groups in total. The Balaban J connectivity index is 2.09. The summed E-state index contributed by atoms with van der Waals surface area (Å²) in [5.74, 6) is 0.163. The third-order valence-corrected chi connectivity index (χ3v) is 3.29. The zero-order valence-corrected chi connectivity index (χ0v) is 9.31. The van der Waals surface area contributed by atoms with Gasteiger partial charge in [-0.25, -0.2) is 0 Å². The number of carbonyl (C=O) groups is 1. The Morgan fingerprint density at radius 1 is 1.25 bits per heavy atom. The number of amides is 1. The van der Waals surface area contributed by atoms with Crippen molar-refractivity contribution >= 4 is 16.8 Å². The Bertz CT molecular complexity index is 556. The van der Waals surface area contributed by atoms with E-state index in [1.165, 1.54) is 16.6 Å². The maximum atomic E-state index is 11.3. The van der Waals surface area contributed by atoms with Crippen molar-refractivity contribution in [3.8, 4) is 0 Å². The molecule has 0 radical (unpaired) electrons. The molecule has 1 amide bonds. The number of carbonyl (C=O) groups excluding carboxylic acids is 1. The molecule has 3 nitrogen and oxygen atoms in total. The Morgan fingerprint density at radius 3 is 2.88 bits per heavy atom. The summed E-state index contributed by atoms with van der Waals surface area (Å²) >= 11 is 0. The second-order valence-corrected chi connectivity index (χ2v) is 4.29. The second-order valence-electron chi connectivity index (χ2n) is 4.29. The lowest BCUT2D eigenvalue weighted by Gasteiger charge is -2.27. The Labute approximate surface area is 94.3 Å². The highest BCUT2D eigenvalue weighted by Gasteiger charge is 2.19. The van der Waals surface area contributed by atoms with Crippen LogP contribution in [-0.2, 0) is 17.9 Å². The minimum Gasteiger partial charge on any atom is -0.341 e. The second kappa shape index (κ2) is 3.37. The molecule has 0 spiro atoms. The van der Waals surface area contributed by atoms with Gasteiger partial charge in [-0.15, -0.1) is 0 Å². The number of nitrogens with zero attached hydrogens (tertiary/aromatic N) is 2. The Morgan fingerprint density at radius 2 is 2.06 bits per heavy atom. The first kappa shape index (κ1) is 9.46. The molecule has 0 fully saturated rings. The van der Waals surface area contributed by atoms with Crippen molar-refractivity contribution in [3.05, 3.63) is 36.0 Å². The van der Waals surface area contributed by atoms with Gasteiger partial charge in [-0.1, -0.05) is 18.2 Å². The van der Waals surface area contributed by atoms with Gasteiger partial charge in [0.1, 0.15) is 0 Å². The predicted octanol–water partition coefficient (Wildman–Crippen LogP) is 2.00. The molecule has 3 rings (SSSR count). The average Bonchev–Trinajstić information content (AvgIpc) is 2.66. The van der Waals surface area contributed by atoms with Crippen molar-refractivity contribution in [2.75, 3.05) is 6.54 Å². The van der Waals surface area contributed by atoms with Crippen LogP contribution in [0.2, 0.25) is 0 Å². The largest absolute Gasteiger partial charge is 0.341 e. The number of hydrogen-bond acceptors (Lipinski definition) is 1. The van der Waals surface area contributed by atoms with Gasteiger partial charge < -0.3 is 9.47 Å². The van der Waals surface area contributed by atoms with Crippen LogP contribution in [0.4, 0.5) is 0 Å². The summed E-state index contributed by atoms with van der Waals surface area (Å²) in [6, 6.07) is 10.6. The number of rotatable bonds is 0. The SMILES string of the molecule is CC(=O)N1CCn2c(cc3ccccc32)C1. The van der Waals surface area contributed by atoms with E-state index in [2.05, 4.69) is 34.9 Å². The lowest BCUT2D eigenvalue weighted by molar-refractivity contribution is -0.130. The predicted molar refractivity (Wildman–Crippen MR) is 63.0 cm³/mol. The zero-order valence-electron chi connectivity index (χ0n) is 9.31. The Hall–Kier alpha value is -1.77. The third kappa shape index (κ3) is 1.32. The van der Waals surface area contributed by atoms with E-state index in [-0.39, 0.29) is 5.91 Å². The highest BCUT2D eigenvalue weighted by Crippen LogP contribution is 2.23. The minimum atomic E-state index is 0.163. The number of hydrogen-bond donors (Lipinski definition) is 0. The van der Waals surface area contributed by atoms with Crippen LogP contribution in [0.5, 0.6) is 0 Å². The zero-order chi connectivity index (χ0) is 11.1. The number of para-hydroxylation sites is 1. The van der Waals surface area contributed by atoms with E-state index >= 15 is 0 Å². The fraction of sp³-hybridized carbons (Fsp3) is 0.308. The molecule has 0 bridgehead atoms. The molecule has 1 aromatic carbocycles. The van der Waals surface area contributed by atoms with Gasteiger partial charge in [0.2, 0.25) is 5.91 Å². The molecule has 3 heteroatoms. The van der Waals surface area contributed by atoms with Crippen LogP contribution in [0.3, 0.4) is 0 Å². The first-order valence-electron chi connectivity index (χ1n) is 5.58. The van der Waals surface area contributed by atoms with Crippen molar-refractivity contribution in [1.82, 2.24) is 9.47 Å². The van der Waals surface area contributed by atoms with Crippen LogP contribution in [0, 0.1) is 0 Å². The van der Waals surface area contributed by atoms with Gasteiger partial charge in [0, 0.05) is 31.2 Å². The molecule has 0 saturated heterocycles. The number of fused-ring (bicyclic) bond motifs is 3. The van der Waals surface area contributed by atoms with Gasteiger partial charge in [-0.05, 0) is 17.5 Å². The van der Waals surface area contributed by atoms with Gasteiger partial charge >= 0.3 is 0 Å².